The molecule has 128 heavy (non-hydrogen) atoms. The van der Waals surface area contributed by atoms with Crippen LogP contribution in [0.4, 0.5) is 14.4 Å². The summed E-state index contributed by atoms with van der Waals surface area (Å²) in [4.78, 5) is 168. The largest absolute Gasteiger partial charge is 0.497 e. The number of benzene rings is 3. The topological polar surface area (TPSA) is 462 Å². The van der Waals surface area contributed by atoms with Gasteiger partial charge in [0.15, 0.2) is 17.1 Å². The number of hydrogen-bond acceptors (Lipinski definition) is 31. The molecule has 6 fully saturated rings. The molecule has 0 radical (unpaired) electrons. The molecule has 3 saturated carbocycles. The summed E-state index contributed by atoms with van der Waals surface area (Å²) in [6.07, 6.45) is 2.58. The SMILES string of the molecule is C/C=C1\CC1(N)C(=O)OCC.C=C[C@@H]1C[C@]1(NC(=O)[C@@H]1C[C@@H](Oc2cc(C(=O)OC)nc3cc(OC)ccc23)CN1C(=O)OC(C)(C)C)C(=O)OCC.C=C[C@H]1C[C@@]1(NC(=O)[C@@H]1C[C@@H](Oc2cc(C(=O)OC)nc3cc(OC)ccc23)CN1C(=O)OC(C)(C)C)C(=O)OCC.COC(=O)c1cc(O[C@@H]2C[C@@H](C(=O)O)N(C(=O)OC(C)(C)C)C2)c2ccc(OC)cc2n1.Cl. The number of carboxylic acids is 1. The monoisotopic (exact) mass is 1800 g/mol. The summed E-state index contributed by atoms with van der Waals surface area (Å²) < 4.78 is 80.8. The van der Waals surface area contributed by atoms with Crippen molar-refractivity contribution in [1.29, 1.82) is 0 Å². The Morgan fingerprint density at radius 1 is 0.477 bits per heavy atom. The van der Waals surface area contributed by atoms with Gasteiger partial charge in [0.05, 0.1) is 98.7 Å². The fourth-order valence-electron chi connectivity index (χ4n) is 14.5. The molecule has 5 N–H and O–H groups in total. The zero-order valence-electron chi connectivity index (χ0n) is 75.3. The van der Waals surface area contributed by atoms with Gasteiger partial charge in [-0.2, -0.15) is 0 Å². The first-order valence-corrected chi connectivity index (χ1v) is 41.2. The molecule has 3 aliphatic carbocycles. The summed E-state index contributed by atoms with van der Waals surface area (Å²) in [5.41, 5.74) is 2.41. The molecule has 3 aromatic heterocycles. The molecule has 3 aliphatic heterocycles. The van der Waals surface area contributed by atoms with E-state index in [4.69, 9.17) is 76.8 Å². The summed E-state index contributed by atoms with van der Waals surface area (Å²) >= 11 is 0. The van der Waals surface area contributed by atoms with Gasteiger partial charge in [-0.05, 0) is 145 Å². The molecule has 0 bridgehead atoms. The highest BCUT2D eigenvalue weighted by Crippen LogP contribution is 2.48. The number of ether oxygens (including phenoxy) is 15. The van der Waals surface area contributed by atoms with Crippen LogP contribution in [0.2, 0.25) is 0 Å². The van der Waals surface area contributed by atoms with E-state index in [9.17, 15) is 62.6 Å². The Morgan fingerprint density at radius 3 is 1.02 bits per heavy atom. The predicted molar refractivity (Wildman–Crippen MR) is 465 cm³/mol. The van der Waals surface area contributed by atoms with Gasteiger partial charge >= 0.3 is 60.1 Å². The van der Waals surface area contributed by atoms with E-state index >= 15 is 0 Å². The first-order chi connectivity index (χ1) is 59.9. The van der Waals surface area contributed by atoms with Crippen molar-refractivity contribution in [3.63, 3.8) is 0 Å². The Bertz CT molecular complexity index is 5030. The second-order valence-corrected chi connectivity index (χ2v) is 33.5. The van der Waals surface area contributed by atoms with E-state index in [0.29, 0.717) is 93.1 Å². The van der Waals surface area contributed by atoms with Crippen LogP contribution in [0.3, 0.4) is 0 Å². The normalized spacial score (nSPS) is 22.5. The van der Waals surface area contributed by atoms with E-state index in [-0.39, 0.29) is 99.4 Å². The van der Waals surface area contributed by atoms with E-state index in [1.807, 2.05) is 13.0 Å². The van der Waals surface area contributed by atoms with Crippen molar-refractivity contribution in [3.05, 3.63) is 127 Å². The van der Waals surface area contributed by atoms with Crippen molar-refractivity contribution < 1.29 is 134 Å². The van der Waals surface area contributed by atoms with E-state index in [1.54, 1.807) is 150 Å². The Labute approximate surface area is 746 Å². The number of carboxylic acid groups (broad SMARTS) is 1. The lowest BCUT2D eigenvalue weighted by atomic mass is 10.1. The summed E-state index contributed by atoms with van der Waals surface area (Å²) in [6.45, 7) is 30.8. The number of halogens is 1. The van der Waals surface area contributed by atoms with Gasteiger partial charge in [-0.3, -0.25) is 24.3 Å². The van der Waals surface area contributed by atoms with Crippen LogP contribution in [-0.2, 0) is 71.4 Å². The van der Waals surface area contributed by atoms with Crippen molar-refractivity contribution in [2.75, 3.05) is 82.1 Å². The van der Waals surface area contributed by atoms with Crippen LogP contribution >= 0.6 is 12.4 Å². The number of esters is 6. The lowest BCUT2D eigenvalue weighted by Crippen LogP contribution is -2.53. The summed E-state index contributed by atoms with van der Waals surface area (Å²) in [7, 11) is 8.29. The van der Waals surface area contributed by atoms with Gasteiger partial charge in [-0.1, -0.05) is 18.2 Å². The Morgan fingerprint density at radius 2 is 0.773 bits per heavy atom. The molecule has 6 aromatic rings. The zero-order valence-corrected chi connectivity index (χ0v) is 76.1. The third-order valence-electron chi connectivity index (χ3n) is 21.0. The molecule has 38 heteroatoms. The predicted octanol–water partition coefficient (Wildman–Crippen LogP) is 10.7. The first kappa shape index (κ1) is 101. The quantitative estimate of drug-likeness (QED) is 0.0235. The Kier molecular flexibility index (Phi) is 32.8. The average Bonchev–Trinajstić information content (AvgIpc) is 1.58. The first-order valence-electron chi connectivity index (χ1n) is 41.2. The Hall–Kier alpha value is -12.8. The lowest BCUT2D eigenvalue weighted by Gasteiger charge is -2.28. The van der Waals surface area contributed by atoms with Gasteiger partial charge in [0.2, 0.25) is 11.8 Å². The molecule has 694 valence electrons. The van der Waals surface area contributed by atoms with Crippen molar-refractivity contribution in [2.45, 2.75) is 198 Å². The maximum absolute atomic E-state index is 13.7. The van der Waals surface area contributed by atoms with E-state index in [0.717, 1.165) is 10.5 Å². The number of aliphatic carboxylic acids is 1. The van der Waals surface area contributed by atoms with Crippen molar-refractivity contribution >= 4 is 117 Å². The molecule has 5 amide bonds. The maximum atomic E-state index is 13.7. The Balaban J connectivity index is 0.000000224. The number of aromatic nitrogens is 3. The number of methoxy groups -OCH3 is 6. The number of pyridine rings is 3. The molecular formula is C90H114ClN9O28. The smallest absolute Gasteiger partial charge is 0.411 e. The van der Waals surface area contributed by atoms with Gasteiger partial charge < -0.3 is 92.5 Å². The summed E-state index contributed by atoms with van der Waals surface area (Å²) in [6, 6.07) is 16.6. The van der Waals surface area contributed by atoms with Crippen molar-refractivity contribution in [2.24, 2.45) is 17.6 Å². The van der Waals surface area contributed by atoms with Crippen LogP contribution in [-0.4, -0.2) is 259 Å². The minimum Gasteiger partial charge on any atom is -0.497 e. The fraction of sp³-hybridized carbons (Fsp3) is 0.500. The van der Waals surface area contributed by atoms with Crippen LogP contribution in [0.25, 0.3) is 32.7 Å². The molecule has 6 heterocycles. The molecule has 12 rings (SSSR count). The van der Waals surface area contributed by atoms with Crippen molar-refractivity contribution in [1.82, 2.24) is 40.3 Å². The highest BCUT2D eigenvalue weighted by Gasteiger charge is 2.64. The van der Waals surface area contributed by atoms with E-state index in [1.165, 1.54) is 70.7 Å². The standard InChI is InChI=1S/2C30H37N3O9.C22H26N2O8.C8H13NO2.ClH/c2*1-8-17-15-30(17,27(36)40-9-2)32-25(34)23-13-19(16-33(23)28(37)42-29(3,4)5)41-24-14-22(26(35)39-7)31-21-12-18(38-6)10-11-20(21)24;1-22(2,3)32-21(28)24-11-13(9-17(24)19(25)26)31-18-10-16(20(27)30-5)23-15-8-12(29-4)6-7-14(15)18;1-3-6-5-8(6,9)7(10)11-4-2;/h2*8,10-12,14,17,19,23H,1,9,13,15-16H2,2-7H3,(H,32,34);6-8,10,13,17H,9,11H2,1-5H3,(H,25,26);3H,4-5,9H2,1-2H3;1H/b;;;6-3+;/t17-,19+,23-,30-;17-,19-,23+,30-;13-,17+;;/m011../s1. The minimum absolute atomic E-state index is 0. The molecular weight excluding hydrogens is 1690 g/mol. The number of nitrogens with one attached hydrogen (secondary N) is 2. The maximum Gasteiger partial charge on any atom is 0.411 e. The van der Waals surface area contributed by atoms with E-state index < -0.39 is 136 Å². The number of hydrogen-bond donors (Lipinski definition) is 4. The zero-order chi connectivity index (χ0) is 93.8. The van der Waals surface area contributed by atoms with Crippen LogP contribution in [0.5, 0.6) is 34.5 Å². The third kappa shape index (κ3) is 24.1. The molecule has 11 atom stereocenters. The fourth-order valence-corrected chi connectivity index (χ4v) is 14.5. The van der Waals surface area contributed by atoms with Gasteiger partial charge in [0.1, 0.15) is 104 Å². The molecule has 37 nitrogen and oxygen atoms in total. The van der Waals surface area contributed by atoms with Crippen LogP contribution in [0.1, 0.15) is 160 Å². The summed E-state index contributed by atoms with van der Waals surface area (Å²) in [5, 5.41) is 17.0. The molecule has 3 aromatic carbocycles. The van der Waals surface area contributed by atoms with Gasteiger partial charge in [0, 0.05) is 90.1 Å². The number of likely N-dealkylation sites (tertiary alicyclic amines) is 3. The number of nitrogens with zero attached hydrogens (tertiary/aromatic N) is 6. The molecule has 3 saturated heterocycles. The summed E-state index contributed by atoms with van der Waals surface area (Å²) in [5.74, 6) is -3.62. The second kappa shape index (κ2) is 41.8. The average molecular weight is 1810 g/mol. The van der Waals surface area contributed by atoms with Gasteiger partial charge in [0.25, 0.3) is 0 Å². The highest BCUT2D eigenvalue weighted by molar-refractivity contribution is 6.00. The highest BCUT2D eigenvalue weighted by atomic mass is 35.5. The second-order valence-electron chi connectivity index (χ2n) is 33.5. The number of amides is 5. The number of rotatable bonds is 25. The van der Waals surface area contributed by atoms with Crippen LogP contribution in [0, 0.1) is 11.8 Å². The van der Waals surface area contributed by atoms with Gasteiger partial charge in [-0.25, -0.2) is 62.9 Å². The number of carbonyl (C=O) groups excluding carboxylic acids is 11. The van der Waals surface area contributed by atoms with Crippen LogP contribution < -0.4 is 44.8 Å². The number of carbonyl (C=O) groups is 12. The molecule has 0 spiro atoms. The minimum atomic E-state index is -1.23. The lowest BCUT2D eigenvalue weighted by molar-refractivity contribution is -0.150. The van der Waals surface area contributed by atoms with E-state index in [2.05, 4.69) is 38.7 Å². The number of nitrogens with two attached hydrogens (primary N) is 1. The molecule has 1 unspecified atom stereocenters. The number of allylic oxidation sites excluding steroid dienone is 1. The molecule has 6 aliphatic rings. The third-order valence-corrected chi connectivity index (χ3v) is 21.0. The number of fused-ring (bicyclic) bond motifs is 3. The van der Waals surface area contributed by atoms with Gasteiger partial charge in [-0.15, -0.1) is 25.6 Å². The van der Waals surface area contributed by atoms with Crippen molar-refractivity contribution in [3.8, 4) is 34.5 Å². The van der Waals surface area contributed by atoms with Crippen LogP contribution in [0.15, 0.2) is 110 Å².